The highest BCUT2D eigenvalue weighted by molar-refractivity contribution is 6.03. The minimum Gasteiger partial charge on any atom is -0.0795 e. The quantitative estimate of drug-likeness (QED) is 0.636. The largest absolute Gasteiger partial charge is 0.0795 e. The van der Waals surface area contributed by atoms with Crippen molar-refractivity contribution in [2.75, 3.05) is 0 Å². The molecule has 0 aromatic heterocycles. The predicted molar refractivity (Wildman–Crippen MR) is 82.2 cm³/mol. The van der Waals surface area contributed by atoms with E-state index in [0.717, 1.165) is 19.3 Å². The number of hydrogen-bond acceptors (Lipinski definition) is 0. The highest BCUT2D eigenvalue weighted by atomic mass is 14.3. The van der Waals surface area contributed by atoms with Gasteiger partial charge in [0.05, 0.1) is 0 Å². The van der Waals surface area contributed by atoms with Gasteiger partial charge in [-0.2, -0.15) is 0 Å². The van der Waals surface area contributed by atoms with Gasteiger partial charge in [-0.15, -0.1) is 0 Å². The standard InChI is InChI=1S/C19H14/c1-4-12-10-11-18-16-7-2-6-14(16)15-8-3-9-17(15)19(18)13(12)5-1/h1-3,5-6,8,10-11H,4,7,9H2. The van der Waals surface area contributed by atoms with E-state index < -0.39 is 0 Å². The fourth-order valence-corrected chi connectivity index (χ4v) is 3.92. The zero-order valence-electron chi connectivity index (χ0n) is 10.7. The van der Waals surface area contributed by atoms with Gasteiger partial charge in [-0.05, 0) is 63.4 Å². The first-order valence-electron chi connectivity index (χ1n) is 7.06. The molecule has 0 spiro atoms. The van der Waals surface area contributed by atoms with Crippen molar-refractivity contribution in [3.8, 4) is 0 Å². The van der Waals surface area contributed by atoms with E-state index in [1.165, 1.54) is 38.6 Å². The first-order valence-corrected chi connectivity index (χ1v) is 7.06. The van der Waals surface area contributed by atoms with Gasteiger partial charge in [0.25, 0.3) is 0 Å². The zero-order valence-corrected chi connectivity index (χ0v) is 10.7. The van der Waals surface area contributed by atoms with Gasteiger partial charge < -0.3 is 0 Å². The van der Waals surface area contributed by atoms with E-state index in [1.807, 2.05) is 0 Å². The molecule has 5 rings (SSSR count). The molecule has 0 saturated carbocycles. The van der Waals surface area contributed by atoms with E-state index in [0.29, 0.717) is 0 Å². The third-order valence-electron chi connectivity index (χ3n) is 4.74. The monoisotopic (exact) mass is 242 g/mol. The maximum atomic E-state index is 2.35. The molecule has 0 unspecified atom stereocenters. The van der Waals surface area contributed by atoms with Crippen LogP contribution in [0.3, 0.4) is 0 Å². The fourth-order valence-electron chi connectivity index (χ4n) is 3.92. The molecule has 0 saturated heterocycles. The van der Waals surface area contributed by atoms with E-state index in [4.69, 9.17) is 0 Å². The molecule has 0 N–H and O–H groups in total. The molecule has 2 aromatic rings. The summed E-state index contributed by atoms with van der Waals surface area (Å²) in [6.45, 7) is 0. The van der Waals surface area contributed by atoms with Crippen molar-refractivity contribution in [2.24, 2.45) is 0 Å². The molecule has 0 radical (unpaired) electrons. The lowest BCUT2D eigenvalue weighted by molar-refractivity contribution is 1.28. The summed E-state index contributed by atoms with van der Waals surface area (Å²) in [6, 6.07) is 4.68. The second kappa shape index (κ2) is 3.27. The Labute approximate surface area is 112 Å². The lowest BCUT2D eigenvalue weighted by Gasteiger charge is -2.16. The molecule has 0 amide bonds. The van der Waals surface area contributed by atoms with Crippen molar-refractivity contribution < 1.29 is 0 Å². The summed E-state index contributed by atoms with van der Waals surface area (Å²) in [6.07, 6.45) is 17.2. The van der Waals surface area contributed by atoms with E-state index >= 15 is 0 Å². The van der Waals surface area contributed by atoms with Crippen molar-refractivity contribution in [3.05, 3.63) is 63.7 Å². The Morgan fingerprint density at radius 1 is 0.632 bits per heavy atom. The summed E-state index contributed by atoms with van der Waals surface area (Å²) in [5.41, 5.74) is 9.00. The second-order valence-corrected chi connectivity index (χ2v) is 5.66. The highest BCUT2D eigenvalue weighted by Gasteiger charge is 2.23. The average molecular weight is 242 g/mol. The van der Waals surface area contributed by atoms with Gasteiger partial charge in [0.15, 0.2) is 0 Å². The van der Waals surface area contributed by atoms with Gasteiger partial charge in [-0.25, -0.2) is 0 Å². The molecule has 0 fully saturated rings. The third kappa shape index (κ3) is 1.10. The summed E-state index contributed by atoms with van der Waals surface area (Å²) in [5, 5.41) is 3.00. The molecule has 0 heteroatoms. The molecule has 90 valence electrons. The van der Waals surface area contributed by atoms with E-state index in [2.05, 4.69) is 48.6 Å². The summed E-state index contributed by atoms with van der Waals surface area (Å²) in [5.74, 6) is 0. The lowest BCUT2D eigenvalue weighted by Crippen LogP contribution is -1.97. The van der Waals surface area contributed by atoms with Crippen LogP contribution in [-0.4, -0.2) is 0 Å². The van der Waals surface area contributed by atoms with Crippen molar-refractivity contribution >= 4 is 29.0 Å². The second-order valence-electron chi connectivity index (χ2n) is 5.66. The third-order valence-corrected chi connectivity index (χ3v) is 4.74. The first kappa shape index (κ1) is 9.80. The number of allylic oxidation sites excluding steroid dienone is 3. The Kier molecular flexibility index (Phi) is 1.69. The van der Waals surface area contributed by atoms with Crippen molar-refractivity contribution in [1.29, 1.82) is 0 Å². The van der Waals surface area contributed by atoms with Crippen LogP contribution in [0.15, 0.2) is 30.4 Å². The normalized spacial score (nSPS) is 17.3. The Bertz CT molecular complexity index is 829. The topological polar surface area (TPSA) is 0 Å². The molecule has 0 nitrogen and oxygen atoms in total. The van der Waals surface area contributed by atoms with Crippen LogP contribution in [0, 0.1) is 0 Å². The predicted octanol–water partition coefficient (Wildman–Crippen LogP) is 4.55. The number of rotatable bonds is 0. The minimum absolute atomic E-state index is 1.09. The first-order chi connectivity index (χ1) is 9.43. The lowest BCUT2D eigenvalue weighted by atomic mass is 9.88. The van der Waals surface area contributed by atoms with Crippen molar-refractivity contribution in [3.63, 3.8) is 0 Å². The molecule has 2 aromatic carbocycles. The van der Waals surface area contributed by atoms with Gasteiger partial charge in [0, 0.05) is 0 Å². The van der Waals surface area contributed by atoms with Gasteiger partial charge in [0.2, 0.25) is 0 Å². The molecular weight excluding hydrogens is 228 g/mol. The van der Waals surface area contributed by atoms with Crippen LogP contribution in [0.1, 0.15) is 33.4 Å². The Balaban J connectivity index is 2.05. The number of fused-ring (bicyclic) bond motifs is 8. The van der Waals surface area contributed by atoms with Gasteiger partial charge in [-0.1, -0.05) is 48.6 Å². The summed E-state index contributed by atoms with van der Waals surface area (Å²) in [4.78, 5) is 0. The number of hydrogen-bond donors (Lipinski definition) is 0. The van der Waals surface area contributed by atoms with Crippen LogP contribution in [-0.2, 0) is 19.3 Å². The fraction of sp³-hybridized carbons (Fsp3) is 0.158. The average Bonchev–Trinajstić information content (AvgIpc) is 3.17. The molecule has 0 heterocycles. The summed E-state index contributed by atoms with van der Waals surface area (Å²) >= 11 is 0. The SMILES string of the molecule is C1=Cc2c(ccc3c4c(c5c(c23)CC=C5)C=CC4)C1. The molecule has 0 bridgehead atoms. The molecular formula is C19H14. The summed E-state index contributed by atoms with van der Waals surface area (Å²) < 4.78 is 0. The maximum absolute atomic E-state index is 2.35. The van der Waals surface area contributed by atoms with E-state index in [1.54, 1.807) is 5.56 Å². The number of benzene rings is 2. The van der Waals surface area contributed by atoms with Gasteiger partial charge in [0.1, 0.15) is 0 Å². The molecule has 0 atom stereocenters. The summed E-state index contributed by atoms with van der Waals surface area (Å²) in [7, 11) is 0. The maximum Gasteiger partial charge on any atom is -0.00641 e. The van der Waals surface area contributed by atoms with E-state index in [9.17, 15) is 0 Å². The van der Waals surface area contributed by atoms with E-state index in [-0.39, 0.29) is 0 Å². The van der Waals surface area contributed by atoms with Crippen LogP contribution < -0.4 is 0 Å². The molecule has 3 aliphatic carbocycles. The van der Waals surface area contributed by atoms with Crippen molar-refractivity contribution in [2.45, 2.75) is 19.3 Å². The molecule has 19 heavy (non-hydrogen) atoms. The molecule has 3 aliphatic rings. The zero-order chi connectivity index (χ0) is 12.4. The smallest absolute Gasteiger partial charge is 0.00641 e. The highest BCUT2D eigenvalue weighted by Crippen LogP contribution is 2.42. The van der Waals surface area contributed by atoms with Crippen LogP contribution >= 0.6 is 0 Å². The van der Waals surface area contributed by atoms with Crippen LogP contribution in [0.5, 0.6) is 0 Å². The molecule has 0 aliphatic heterocycles. The van der Waals surface area contributed by atoms with Crippen LogP contribution in [0.2, 0.25) is 0 Å². The Hall–Kier alpha value is -2.08. The van der Waals surface area contributed by atoms with Gasteiger partial charge >= 0.3 is 0 Å². The van der Waals surface area contributed by atoms with Crippen LogP contribution in [0.4, 0.5) is 0 Å². The van der Waals surface area contributed by atoms with Crippen molar-refractivity contribution in [1.82, 2.24) is 0 Å². The van der Waals surface area contributed by atoms with Crippen LogP contribution in [0.25, 0.3) is 29.0 Å². The minimum atomic E-state index is 1.09. The Morgan fingerprint density at radius 3 is 2.21 bits per heavy atom. The van der Waals surface area contributed by atoms with Gasteiger partial charge in [-0.3, -0.25) is 0 Å². The Morgan fingerprint density at radius 2 is 1.32 bits per heavy atom.